The topological polar surface area (TPSA) is 83.8 Å². The molecular formula is C8H14N4O. The van der Waals surface area contributed by atoms with Gasteiger partial charge in [-0.3, -0.25) is 10.1 Å². The van der Waals surface area contributed by atoms with Crippen LogP contribution in [0.15, 0.2) is 12.4 Å². The first-order valence-electron chi connectivity index (χ1n) is 4.17. The van der Waals surface area contributed by atoms with Crippen molar-refractivity contribution >= 4 is 11.9 Å². The zero-order valence-corrected chi connectivity index (χ0v) is 7.74. The largest absolute Gasteiger partial charge is 0.331 e. The standard InChI is InChI=1S/C8H14N4O/c1-5(6(2)9)7(13)12-8-10-3-4-11-8/h3-6H,9H2,1-2H3,(H2,10,11,12,13). The number of H-pyrrole nitrogens is 1. The van der Waals surface area contributed by atoms with E-state index >= 15 is 0 Å². The molecule has 0 radical (unpaired) electrons. The zero-order chi connectivity index (χ0) is 9.84. The minimum Gasteiger partial charge on any atom is -0.331 e. The van der Waals surface area contributed by atoms with Crippen LogP contribution in [0.2, 0.25) is 0 Å². The quantitative estimate of drug-likeness (QED) is 0.630. The molecule has 0 spiro atoms. The second kappa shape index (κ2) is 4.04. The summed E-state index contributed by atoms with van der Waals surface area (Å²) in [6.45, 7) is 3.58. The molecule has 1 heterocycles. The van der Waals surface area contributed by atoms with E-state index in [-0.39, 0.29) is 17.9 Å². The maximum atomic E-state index is 11.4. The van der Waals surface area contributed by atoms with Gasteiger partial charge in [0, 0.05) is 18.4 Å². The Labute approximate surface area is 76.7 Å². The van der Waals surface area contributed by atoms with Crippen molar-refractivity contribution in [2.75, 3.05) is 5.32 Å². The highest BCUT2D eigenvalue weighted by Gasteiger charge is 2.17. The monoisotopic (exact) mass is 182 g/mol. The Balaban J connectivity index is 2.51. The van der Waals surface area contributed by atoms with Gasteiger partial charge in [-0.25, -0.2) is 4.98 Å². The number of aromatic amines is 1. The highest BCUT2D eigenvalue weighted by Crippen LogP contribution is 2.04. The van der Waals surface area contributed by atoms with Crippen molar-refractivity contribution in [2.24, 2.45) is 11.7 Å². The van der Waals surface area contributed by atoms with E-state index in [0.29, 0.717) is 5.95 Å². The predicted octanol–water partition coefficient (Wildman–Crippen LogP) is 0.331. The average Bonchev–Trinajstić information content (AvgIpc) is 2.55. The molecule has 0 aliphatic rings. The van der Waals surface area contributed by atoms with Crippen molar-refractivity contribution in [2.45, 2.75) is 19.9 Å². The maximum absolute atomic E-state index is 11.4. The lowest BCUT2D eigenvalue weighted by Crippen LogP contribution is -2.34. The molecule has 0 aliphatic carbocycles. The number of aromatic nitrogens is 2. The second-order valence-electron chi connectivity index (χ2n) is 3.07. The summed E-state index contributed by atoms with van der Waals surface area (Å²) in [5.74, 6) is 0.118. The van der Waals surface area contributed by atoms with Crippen LogP contribution in [0.25, 0.3) is 0 Å². The van der Waals surface area contributed by atoms with Crippen molar-refractivity contribution in [3.8, 4) is 0 Å². The summed E-state index contributed by atoms with van der Waals surface area (Å²) in [4.78, 5) is 18.0. The summed E-state index contributed by atoms with van der Waals surface area (Å²) < 4.78 is 0. The molecule has 2 atom stereocenters. The molecule has 0 saturated heterocycles. The first-order valence-corrected chi connectivity index (χ1v) is 4.17. The number of amides is 1. The van der Waals surface area contributed by atoms with Gasteiger partial charge in [0.05, 0.1) is 5.92 Å². The van der Waals surface area contributed by atoms with Gasteiger partial charge in [0.25, 0.3) is 0 Å². The molecule has 72 valence electrons. The van der Waals surface area contributed by atoms with Crippen LogP contribution in [0.1, 0.15) is 13.8 Å². The molecule has 0 fully saturated rings. The van der Waals surface area contributed by atoms with Gasteiger partial charge in [-0.15, -0.1) is 0 Å². The fourth-order valence-corrected chi connectivity index (χ4v) is 0.803. The van der Waals surface area contributed by atoms with Gasteiger partial charge in [0.1, 0.15) is 0 Å². The predicted molar refractivity (Wildman–Crippen MR) is 50.0 cm³/mol. The first-order chi connectivity index (χ1) is 6.11. The molecule has 5 heteroatoms. The van der Waals surface area contributed by atoms with E-state index in [2.05, 4.69) is 15.3 Å². The van der Waals surface area contributed by atoms with E-state index in [9.17, 15) is 4.79 Å². The number of hydrogen-bond donors (Lipinski definition) is 3. The molecule has 1 amide bonds. The number of imidazole rings is 1. The molecule has 0 aromatic carbocycles. The van der Waals surface area contributed by atoms with Crippen LogP contribution >= 0.6 is 0 Å². The van der Waals surface area contributed by atoms with Crippen LogP contribution in [-0.4, -0.2) is 21.9 Å². The molecule has 1 aromatic heterocycles. The van der Waals surface area contributed by atoms with E-state index in [1.54, 1.807) is 26.2 Å². The van der Waals surface area contributed by atoms with Crippen molar-refractivity contribution < 1.29 is 4.79 Å². The Morgan fingerprint density at radius 3 is 2.85 bits per heavy atom. The van der Waals surface area contributed by atoms with E-state index in [0.717, 1.165) is 0 Å². The molecule has 13 heavy (non-hydrogen) atoms. The summed E-state index contributed by atoms with van der Waals surface area (Å²) in [5, 5.41) is 2.62. The lowest BCUT2D eigenvalue weighted by molar-refractivity contribution is -0.119. The Morgan fingerprint density at radius 2 is 2.38 bits per heavy atom. The Kier molecular flexibility index (Phi) is 3.02. The maximum Gasteiger partial charge on any atom is 0.231 e. The Morgan fingerprint density at radius 1 is 1.69 bits per heavy atom. The number of rotatable bonds is 3. The average molecular weight is 182 g/mol. The number of carbonyl (C=O) groups excluding carboxylic acids is 1. The lowest BCUT2D eigenvalue weighted by Gasteiger charge is -2.13. The fraction of sp³-hybridized carbons (Fsp3) is 0.500. The van der Waals surface area contributed by atoms with Crippen LogP contribution in [0.5, 0.6) is 0 Å². The van der Waals surface area contributed by atoms with Gasteiger partial charge in [-0.2, -0.15) is 0 Å². The molecule has 0 aliphatic heterocycles. The van der Waals surface area contributed by atoms with Gasteiger partial charge < -0.3 is 10.7 Å². The van der Waals surface area contributed by atoms with Crippen molar-refractivity contribution in [3.63, 3.8) is 0 Å². The van der Waals surface area contributed by atoms with Crippen molar-refractivity contribution in [3.05, 3.63) is 12.4 Å². The third-order valence-corrected chi connectivity index (χ3v) is 1.94. The summed E-state index contributed by atoms with van der Waals surface area (Å²) >= 11 is 0. The Hall–Kier alpha value is -1.36. The zero-order valence-electron chi connectivity index (χ0n) is 7.74. The number of carbonyl (C=O) groups is 1. The van der Waals surface area contributed by atoms with Gasteiger partial charge in [-0.1, -0.05) is 6.92 Å². The van der Waals surface area contributed by atoms with Crippen LogP contribution in [-0.2, 0) is 4.79 Å². The number of nitrogens with two attached hydrogens (primary N) is 1. The minimum atomic E-state index is -0.218. The second-order valence-corrected chi connectivity index (χ2v) is 3.07. The first kappa shape index (κ1) is 9.73. The number of anilines is 1. The lowest BCUT2D eigenvalue weighted by atomic mass is 10.0. The van der Waals surface area contributed by atoms with Crippen molar-refractivity contribution in [1.29, 1.82) is 0 Å². The van der Waals surface area contributed by atoms with Gasteiger partial charge in [0.2, 0.25) is 11.9 Å². The van der Waals surface area contributed by atoms with Crippen LogP contribution in [0, 0.1) is 5.92 Å². The fourth-order valence-electron chi connectivity index (χ4n) is 0.803. The molecule has 1 aromatic rings. The molecule has 0 bridgehead atoms. The molecule has 2 unspecified atom stereocenters. The van der Waals surface area contributed by atoms with E-state index in [1.165, 1.54) is 0 Å². The summed E-state index contributed by atoms with van der Waals surface area (Å²) in [7, 11) is 0. The number of nitrogens with one attached hydrogen (secondary N) is 2. The SMILES string of the molecule is CC(N)C(C)C(=O)Nc1ncc[nH]1. The number of nitrogens with zero attached hydrogens (tertiary/aromatic N) is 1. The van der Waals surface area contributed by atoms with E-state index < -0.39 is 0 Å². The van der Waals surface area contributed by atoms with E-state index in [1.807, 2.05) is 0 Å². The third-order valence-electron chi connectivity index (χ3n) is 1.94. The van der Waals surface area contributed by atoms with E-state index in [4.69, 9.17) is 5.73 Å². The highest BCUT2D eigenvalue weighted by atomic mass is 16.2. The molecular weight excluding hydrogens is 168 g/mol. The Bertz CT molecular complexity index is 268. The van der Waals surface area contributed by atoms with Crippen LogP contribution in [0.3, 0.4) is 0 Å². The molecule has 1 rings (SSSR count). The number of hydrogen-bond acceptors (Lipinski definition) is 3. The minimum absolute atomic E-state index is 0.120. The summed E-state index contributed by atoms with van der Waals surface area (Å²) in [6, 6.07) is -0.157. The van der Waals surface area contributed by atoms with Crippen LogP contribution in [0.4, 0.5) is 5.95 Å². The van der Waals surface area contributed by atoms with Gasteiger partial charge >= 0.3 is 0 Å². The third kappa shape index (κ3) is 2.55. The molecule has 0 saturated carbocycles. The van der Waals surface area contributed by atoms with Gasteiger partial charge in [-0.05, 0) is 6.92 Å². The smallest absolute Gasteiger partial charge is 0.231 e. The van der Waals surface area contributed by atoms with Gasteiger partial charge in [0.15, 0.2) is 0 Å². The van der Waals surface area contributed by atoms with Crippen LogP contribution < -0.4 is 11.1 Å². The highest BCUT2D eigenvalue weighted by molar-refractivity contribution is 5.91. The molecule has 5 nitrogen and oxygen atoms in total. The summed E-state index contributed by atoms with van der Waals surface area (Å²) in [6.07, 6.45) is 3.22. The molecule has 4 N–H and O–H groups in total. The van der Waals surface area contributed by atoms with Crippen molar-refractivity contribution in [1.82, 2.24) is 9.97 Å². The normalized spacial score (nSPS) is 15.0. The summed E-state index contributed by atoms with van der Waals surface area (Å²) in [5.41, 5.74) is 5.57.